The number of carbonyl (C=O) groups is 2. The van der Waals surface area contributed by atoms with Crippen molar-refractivity contribution >= 4 is 73.4 Å². The highest BCUT2D eigenvalue weighted by Gasteiger charge is 2.34. The molecule has 2 aliphatic heterocycles. The van der Waals surface area contributed by atoms with E-state index in [0.717, 1.165) is 24.2 Å². The van der Waals surface area contributed by atoms with Gasteiger partial charge in [0.25, 0.3) is 5.91 Å². The third-order valence-corrected chi connectivity index (χ3v) is 9.77. The van der Waals surface area contributed by atoms with Crippen LogP contribution in [0.2, 0.25) is 15.3 Å². The lowest BCUT2D eigenvalue weighted by Gasteiger charge is -2.41. The SMILES string of the molecule is CC(C)N(C(=O)n1cnc(Cl)n1)C1CCN(CN2CCCOc3c(cc(Cl)c(-c4ccc(F)c5sc(N)nc45)c3Cl)C2=O)CC1. The highest BCUT2D eigenvalue weighted by molar-refractivity contribution is 7.22. The lowest BCUT2D eigenvalue weighted by molar-refractivity contribution is 0.0465. The summed E-state index contributed by atoms with van der Waals surface area (Å²) in [5, 5.41) is 4.56. The fraction of sp³-hybridized carbons (Fsp3) is 0.414. The molecule has 6 rings (SSSR count). The van der Waals surface area contributed by atoms with E-state index in [1.54, 1.807) is 17.0 Å². The van der Waals surface area contributed by atoms with Crippen molar-refractivity contribution in [3.05, 3.63) is 51.2 Å². The number of piperidine rings is 1. The highest BCUT2D eigenvalue weighted by atomic mass is 35.5. The Morgan fingerprint density at radius 1 is 1.20 bits per heavy atom. The molecule has 2 amide bonds. The largest absolute Gasteiger partial charge is 0.491 e. The third kappa shape index (κ3) is 6.16. The van der Waals surface area contributed by atoms with Crippen LogP contribution in [0.1, 0.15) is 43.5 Å². The van der Waals surface area contributed by atoms with Crippen LogP contribution in [-0.4, -0.2) is 91.4 Å². The molecule has 45 heavy (non-hydrogen) atoms. The summed E-state index contributed by atoms with van der Waals surface area (Å²) in [6.45, 7) is 6.51. The molecule has 4 aromatic rings. The quantitative estimate of drug-likeness (QED) is 0.260. The third-order valence-electron chi connectivity index (χ3n) is 8.05. The number of aromatic nitrogens is 4. The maximum atomic E-state index is 14.5. The van der Waals surface area contributed by atoms with Gasteiger partial charge in [-0.15, -0.1) is 5.10 Å². The Morgan fingerprint density at radius 2 is 1.96 bits per heavy atom. The Labute approximate surface area is 277 Å². The van der Waals surface area contributed by atoms with Gasteiger partial charge in [-0.25, -0.2) is 19.2 Å². The van der Waals surface area contributed by atoms with Crippen molar-refractivity contribution in [2.75, 3.05) is 38.6 Å². The van der Waals surface area contributed by atoms with Crippen LogP contribution in [-0.2, 0) is 0 Å². The van der Waals surface area contributed by atoms with Gasteiger partial charge in [0.2, 0.25) is 5.28 Å². The summed E-state index contributed by atoms with van der Waals surface area (Å²) in [5.41, 5.74) is 7.37. The summed E-state index contributed by atoms with van der Waals surface area (Å²) in [4.78, 5) is 41.1. The van der Waals surface area contributed by atoms with Crippen LogP contribution in [0, 0.1) is 5.82 Å². The second kappa shape index (κ2) is 12.9. The van der Waals surface area contributed by atoms with Crippen LogP contribution in [0.5, 0.6) is 5.75 Å². The number of nitrogens with two attached hydrogens (primary N) is 1. The van der Waals surface area contributed by atoms with E-state index >= 15 is 0 Å². The number of hydrogen-bond acceptors (Lipinski definition) is 9. The second-order valence-corrected chi connectivity index (χ2v) is 13.4. The molecular weight excluding hydrogens is 666 g/mol. The average molecular weight is 696 g/mol. The predicted molar refractivity (Wildman–Crippen MR) is 173 cm³/mol. The molecule has 1 saturated heterocycles. The molecule has 0 aliphatic carbocycles. The number of amides is 2. The normalized spacial score (nSPS) is 16.5. The highest BCUT2D eigenvalue weighted by Crippen LogP contribution is 2.46. The number of nitrogen functional groups attached to an aromatic ring is 1. The Balaban J connectivity index is 1.21. The van der Waals surface area contributed by atoms with Gasteiger partial charge in [0.1, 0.15) is 12.1 Å². The first-order valence-electron chi connectivity index (χ1n) is 14.4. The van der Waals surface area contributed by atoms with Crippen LogP contribution < -0.4 is 10.5 Å². The molecule has 0 spiro atoms. The molecule has 2 aromatic heterocycles. The molecule has 238 valence electrons. The van der Waals surface area contributed by atoms with E-state index in [1.807, 2.05) is 18.7 Å². The Morgan fingerprint density at radius 3 is 2.64 bits per heavy atom. The molecule has 1 fully saturated rings. The number of fused-ring (bicyclic) bond motifs is 2. The van der Waals surface area contributed by atoms with E-state index in [1.165, 1.54) is 17.1 Å². The molecule has 0 bridgehead atoms. The van der Waals surface area contributed by atoms with Crippen molar-refractivity contribution in [3.8, 4) is 16.9 Å². The average Bonchev–Trinajstić information content (AvgIpc) is 3.62. The molecule has 4 heterocycles. The molecule has 11 nitrogen and oxygen atoms in total. The number of carbonyl (C=O) groups excluding carboxylic acids is 2. The van der Waals surface area contributed by atoms with Gasteiger partial charge in [-0.1, -0.05) is 34.5 Å². The molecule has 0 unspecified atom stereocenters. The molecule has 0 atom stereocenters. The number of thiazole rings is 1. The molecular formula is C29H30Cl3FN8O3S. The first-order valence-corrected chi connectivity index (χ1v) is 16.4. The Kier molecular flexibility index (Phi) is 9.08. The van der Waals surface area contributed by atoms with Gasteiger partial charge in [-0.3, -0.25) is 9.69 Å². The second-order valence-electron chi connectivity index (χ2n) is 11.3. The van der Waals surface area contributed by atoms with Crippen molar-refractivity contribution < 1.29 is 18.7 Å². The smallest absolute Gasteiger partial charge is 0.346 e. The van der Waals surface area contributed by atoms with Crippen LogP contribution >= 0.6 is 46.1 Å². The number of hydrogen-bond donors (Lipinski definition) is 1. The standard InChI is InChI=1S/C29H30Cl3FN8O3S/c1-15(2)41(29(43)40-13-35-27(32)37-40)16-6-9-38(10-7-16)14-39-8-3-11-44-24-18(26(39)42)12-19(30)21(22(24)31)17-4-5-20(33)25-23(17)36-28(34)45-25/h4-5,12-13,15-16H,3,6-11,14H2,1-2H3,(H2,34,36). The zero-order chi connectivity index (χ0) is 32.0. The van der Waals surface area contributed by atoms with Crippen molar-refractivity contribution in [2.24, 2.45) is 0 Å². The summed E-state index contributed by atoms with van der Waals surface area (Å²) < 4.78 is 22.0. The fourth-order valence-corrected chi connectivity index (χ4v) is 7.61. The topological polar surface area (TPSA) is 123 Å². The summed E-state index contributed by atoms with van der Waals surface area (Å²) >= 11 is 20.5. The minimum absolute atomic E-state index is 0.00378. The number of ether oxygens (including phenoxy) is 1. The first-order chi connectivity index (χ1) is 21.5. The van der Waals surface area contributed by atoms with Crippen molar-refractivity contribution in [2.45, 2.75) is 45.2 Å². The lowest BCUT2D eigenvalue weighted by Crippen LogP contribution is -2.53. The van der Waals surface area contributed by atoms with Gasteiger partial charge >= 0.3 is 6.03 Å². The van der Waals surface area contributed by atoms with Crippen LogP contribution in [0.3, 0.4) is 0 Å². The van der Waals surface area contributed by atoms with Crippen LogP contribution in [0.25, 0.3) is 21.3 Å². The number of halogens is 4. The first kappa shape index (κ1) is 31.7. The summed E-state index contributed by atoms with van der Waals surface area (Å²) in [5.74, 6) is -0.480. The van der Waals surface area contributed by atoms with Gasteiger partial charge < -0.3 is 20.3 Å². The van der Waals surface area contributed by atoms with E-state index in [9.17, 15) is 14.0 Å². The summed E-state index contributed by atoms with van der Waals surface area (Å²) in [6.07, 6.45) is 3.36. The van der Waals surface area contributed by atoms with Gasteiger partial charge in [-0.05, 0) is 62.9 Å². The summed E-state index contributed by atoms with van der Waals surface area (Å²) in [6, 6.07) is 4.09. The molecule has 2 N–H and O–H groups in total. The van der Waals surface area contributed by atoms with E-state index in [-0.39, 0.29) is 55.8 Å². The molecule has 2 aromatic carbocycles. The van der Waals surface area contributed by atoms with Crippen molar-refractivity contribution in [3.63, 3.8) is 0 Å². The van der Waals surface area contributed by atoms with Gasteiger partial charge in [-0.2, -0.15) is 4.68 Å². The predicted octanol–water partition coefficient (Wildman–Crippen LogP) is 6.26. The zero-order valence-electron chi connectivity index (χ0n) is 24.5. The Bertz CT molecular complexity index is 1780. The zero-order valence-corrected chi connectivity index (χ0v) is 27.6. The number of benzene rings is 2. The van der Waals surface area contributed by atoms with Crippen molar-refractivity contribution in [1.29, 1.82) is 0 Å². The maximum absolute atomic E-state index is 14.5. The minimum Gasteiger partial charge on any atom is -0.491 e. The van der Waals surface area contributed by atoms with E-state index in [0.29, 0.717) is 60.7 Å². The fourth-order valence-electron chi connectivity index (χ4n) is 6.01. The van der Waals surface area contributed by atoms with E-state index in [2.05, 4.69) is 20.0 Å². The van der Waals surface area contributed by atoms with Crippen molar-refractivity contribution in [1.82, 2.24) is 34.4 Å². The number of anilines is 1. The number of likely N-dealkylation sites (tertiary alicyclic amines) is 1. The monoisotopic (exact) mass is 694 g/mol. The van der Waals surface area contributed by atoms with Gasteiger partial charge in [0, 0.05) is 42.8 Å². The van der Waals surface area contributed by atoms with E-state index in [4.69, 9.17) is 45.3 Å². The van der Waals surface area contributed by atoms with Crippen LogP contribution in [0.15, 0.2) is 24.5 Å². The number of rotatable bonds is 5. The summed E-state index contributed by atoms with van der Waals surface area (Å²) in [7, 11) is 0. The molecule has 0 saturated carbocycles. The number of nitrogens with zero attached hydrogens (tertiary/aromatic N) is 7. The van der Waals surface area contributed by atoms with Gasteiger partial charge in [0.15, 0.2) is 10.9 Å². The lowest BCUT2D eigenvalue weighted by atomic mass is 10.00. The Hall–Kier alpha value is -3.23. The minimum atomic E-state index is -0.448. The molecule has 16 heteroatoms. The van der Waals surface area contributed by atoms with Gasteiger partial charge in [0.05, 0.1) is 39.1 Å². The molecule has 0 radical (unpaired) electrons. The van der Waals surface area contributed by atoms with E-state index < -0.39 is 5.82 Å². The van der Waals surface area contributed by atoms with Crippen LogP contribution in [0.4, 0.5) is 14.3 Å². The maximum Gasteiger partial charge on any atom is 0.346 e. The molecule has 2 aliphatic rings.